The number of hydrogen-bond donors (Lipinski definition) is 4. The van der Waals surface area contributed by atoms with E-state index in [1.54, 1.807) is 0 Å². The number of carbonyl (C=O) groups is 1. The van der Waals surface area contributed by atoms with E-state index >= 15 is 0 Å². The Morgan fingerprint density at radius 1 is 0.683 bits per heavy atom. The van der Waals surface area contributed by atoms with Crippen LogP contribution in [0.1, 0.15) is 136 Å². The lowest BCUT2D eigenvalue weighted by Crippen LogP contribution is -2.59. The van der Waals surface area contributed by atoms with E-state index in [9.17, 15) is 25.2 Å². The Labute approximate surface area is 249 Å². The number of aliphatic hydroxyl groups excluding tert-OH is 4. The molecule has 244 valence electrons. The molecule has 4 N–H and O–H groups in total. The molecule has 1 heterocycles. The highest BCUT2D eigenvalue weighted by Gasteiger charge is 2.44. The fourth-order valence-corrected chi connectivity index (χ4v) is 5.08. The molecule has 0 amide bonds. The van der Waals surface area contributed by atoms with Crippen LogP contribution >= 0.6 is 0 Å². The van der Waals surface area contributed by atoms with Crippen LogP contribution in [0.4, 0.5) is 0 Å². The lowest BCUT2D eigenvalue weighted by Gasteiger charge is -2.39. The zero-order chi connectivity index (χ0) is 30.1. The minimum atomic E-state index is -1.53. The zero-order valence-corrected chi connectivity index (χ0v) is 26.1. The van der Waals surface area contributed by atoms with Crippen molar-refractivity contribution < 1.29 is 44.2 Å². The minimum absolute atomic E-state index is 0.107. The first-order valence-corrected chi connectivity index (χ1v) is 16.6. The first-order chi connectivity index (χ1) is 19.9. The van der Waals surface area contributed by atoms with E-state index in [1.807, 2.05) is 0 Å². The molecule has 0 aromatic heterocycles. The van der Waals surface area contributed by atoms with Crippen LogP contribution in [0.5, 0.6) is 0 Å². The van der Waals surface area contributed by atoms with Gasteiger partial charge >= 0.3 is 5.97 Å². The standard InChI is InChI=1S/C32H62O9/c1-3-5-7-9-11-12-13-14-15-17-19-21-28(34)40-26(24-38-22-20-18-16-10-8-6-4-2)25-39-32-31(37)30(36)29(35)27(23-33)41-32/h26-27,29-33,35-37H,3-25H2,1-2H3. The van der Waals surface area contributed by atoms with Crippen LogP contribution < -0.4 is 0 Å². The summed E-state index contributed by atoms with van der Waals surface area (Å²) in [5, 5.41) is 39.7. The van der Waals surface area contributed by atoms with Crippen molar-refractivity contribution in [2.24, 2.45) is 0 Å². The quantitative estimate of drug-likeness (QED) is 0.0754. The molecule has 0 saturated carbocycles. The molecule has 1 aliphatic heterocycles. The second kappa shape index (κ2) is 25.7. The lowest BCUT2D eigenvalue weighted by atomic mass is 9.99. The summed E-state index contributed by atoms with van der Waals surface area (Å²) in [4.78, 5) is 12.6. The number of hydrogen-bond acceptors (Lipinski definition) is 9. The second-order valence-electron chi connectivity index (χ2n) is 11.6. The number of carbonyl (C=O) groups excluding carboxylic acids is 1. The Balaban J connectivity index is 2.38. The zero-order valence-electron chi connectivity index (χ0n) is 26.1. The van der Waals surface area contributed by atoms with Crippen LogP contribution in [0.15, 0.2) is 0 Å². The molecule has 1 aliphatic rings. The number of ether oxygens (including phenoxy) is 4. The van der Waals surface area contributed by atoms with Gasteiger partial charge in [-0.15, -0.1) is 0 Å². The molecule has 0 aromatic rings. The van der Waals surface area contributed by atoms with Crippen molar-refractivity contribution in [1.29, 1.82) is 0 Å². The molecule has 0 spiro atoms. The van der Waals surface area contributed by atoms with Crippen molar-refractivity contribution in [2.75, 3.05) is 26.4 Å². The lowest BCUT2D eigenvalue weighted by molar-refractivity contribution is -0.305. The number of unbranched alkanes of at least 4 members (excludes halogenated alkanes) is 16. The van der Waals surface area contributed by atoms with Crippen LogP contribution in [0.25, 0.3) is 0 Å². The maximum Gasteiger partial charge on any atom is 0.306 e. The van der Waals surface area contributed by atoms with Crippen molar-refractivity contribution in [2.45, 2.75) is 173 Å². The van der Waals surface area contributed by atoms with E-state index in [0.717, 1.165) is 32.1 Å². The van der Waals surface area contributed by atoms with Crippen molar-refractivity contribution in [3.63, 3.8) is 0 Å². The van der Waals surface area contributed by atoms with Gasteiger partial charge in [0.1, 0.15) is 30.5 Å². The average Bonchev–Trinajstić information content (AvgIpc) is 2.97. The van der Waals surface area contributed by atoms with Gasteiger partial charge in [-0.25, -0.2) is 0 Å². The predicted molar refractivity (Wildman–Crippen MR) is 159 cm³/mol. The maximum absolute atomic E-state index is 12.6. The second-order valence-corrected chi connectivity index (χ2v) is 11.6. The summed E-state index contributed by atoms with van der Waals surface area (Å²) in [5.41, 5.74) is 0. The molecule has 0 radical (unpaired) electrons. The molecular formula is C32H62O9. The molecule has 1 fully saturated rings. The molecule has 9 heteroatoms. The Bertz CT molecular complexity index is 604. The summed E-state index contributed by atoms with van der Waals surface area (Å²) in [5.74, 6) is -0.317. The maximum atomic E-state index is 12.6. The third-order valence-electron chi connectivity index (χ3n) is 7.77. The van der Waals surface area contributed by atoms with Crippen LogP contribution in [0.3, 0.4) is 0 Å². The number of esters is 1. The van der Waals surface area contributed by atoms with E-state index in [2.05, 4.69) is 13.8 Å². The van der Waals surface area contributed by atoms with Gasteiger partial charge in [0, 0.05) is 13.0 Å². The topological polar surface area (TPSA) is 135 Å². The molecule has 1 rings (SSSR count). The van der Waals surface area contributed by atoms with Gasteiger partial charge in [-0.05, 0) is 12.8 Å². The van der Waals surface area contributed by atoms with Gasteiger partial charge in [-0.1, -0.05) is 117 Å². The Morgan fingerprint density at radius 3 is 1.73 bits per heavy atom. The van der Waals surface area contributed by atoms with Gasteiger partial charge in [0.05, 0.1) is 19.8 Å². The molecule has 1 saturated heterocycles. The highest BCUT2D eigenvalue weighted by Crippen LogP contribution is 2.22. The monoisotopic (exact) mass is 590 g/mol. The van der Waals surface area contributed by atoms with Crippen LogP contribution in [-0.4, -0.2) is 89.6 Å². The Morgan fingerprint density at radius 2 is 1.20 bits per heavy atom. The van der Waals surface area contributed by atoms with Gasteiger partial charge in [0.15, 0.2) is 6.29 Å². The third kappa shape index (κ3) is 18.5. The highest BCUT2D eigenvalue weighted by molar-refractivity contribution is 5.69. The van der Waals surface area contributed by atoms with Crippen molar-refractivity contribution in [1.82, 2.24) is 0 Å². The summed E-state index contributed by atoms with van der Waals surface area (Å²) in [7, 11) is 0. The third-order valence-corrected chi connectivity index (χ3v) is 7.77. The normalized spacial score (nSPS) is 23.5. The van der Waals surface area contributed by atoms with Gasteiger partial charge in [-0.2, -0.15) is 0 Å². The molecule has 0 bridgehead atoms. The van der Waals surface area contributed by atoms with Crippen molar-refractivity contribution >= 4 is 5.97 Å². The van der Waals surface area contributed by atoms with Gasteiger partial charge in [0.25, 0.3) is 0 Å². The van der Waals surface area contributed by atoms with E-state index in [4.69, 9.17) is 18.9 Å². The smallest absolute Gasteiger partial charge is 0.306 e. The van der Waals surface area contributed by atoms with Gasteiger partial charge in [-0.3, -0.25) is 4.79 Å². The highest BCUT2D eigenvalue weighted by atomic mass is 16.7. The average molecular weight is 591 g/mol. The SMILES string of the molecule is CCCCCCCCCCCCCC(=O)OC(COCCCCCCCCC)COC1OC(CO)C(O)C(O)C1O. The largest absolute Gasteiger partial charge is 0.457 e. The first-order valence-electron chi connectivity index (χ1n) is 16.6. The fraction of sp³-hybridized carbons (Fsp3) is 0.969. The first kappa shape index (κ1) is 38.2. The minimum Gasteiger partial charge on any atom is -0.457 e. The summed E-state index contributed by atoms with van der Waals surface area (Å²) in [6.45, 7) is 4.50. The summed E-state index contributed by atoms with van der Waals surface area (Å²) in [6.07, 6.45) is 14.2. The summed E-state index contributed by atoms with van der Waals surface area (Å²) >= 11 is 0. The van der Waals surface area contributed by atoms with Crippen LogP contribution in [0.2, 0.25) is 0 Å². The fourth-order valence-electron chi connectivity index (χ4n) is 5.08. The van der Waals surface area contributed by atoms with E-state index in [1.165, 1.54) is 83.5 Å². The van der Waals surface area contributed by atoms with Gasteiger partial charge in [0.2, 0.25) is 0 Å². The van der Waals surface area contributed by atoms with E-state index in [-0.39, 0.29) is 19.2 Å². The summed E-state index contributed by atoms with van der Waals surface area (Å²) < 4.78 is 22.5. The Hall–Kier alpha value is -0.810. The van der Waals surface area contributed by atoms with E-state index < -0.39 is 43.4 Å². The molecule has 6 atom stereocenters. The van der Waals surface area contributed by atoms with Crippen molar-refractivity contribution in [3.05, 3.63) is 0 Å². The number of aliphatic hydroxyl groups is 4. The van der Waals surface area contributed by atoms with Crippen LogP contribution in [0, 0.1) is 0 Å². The van der Waals surface area contributed by atoms with Gasteiger partial charge < -0.3 is 39.4 Å². The molecule has 9 nitrogen and oxygen atoms in total. The molecule has 6 unspecified atom stereocenters. The molecule has 41 heavy (non-hydrogen) atoms. The molecular weight excluding hydrogens is 528 g/mol. The van der Waals surface area contributed by atoms with Crippen LogP contribution in [-0.2, 0) is 23.7 Å². The molecule has 0 aliphatic carbocycles. The number of rotatable bonds is 27. The molecule has 0 aromatic carbocycles. The summed E-state index contributed by atoms with van der Waals surface area (Å²) in [6, 6.07) is 0. The predicted octanol–water partition coefficient (Wildman–Crippen LogP) is 5.18. The Kier molecular flexibility index (Phi) is 23.9. The van der Waals surface area contributed by atoms with Crippen molar-refractivity contribution in [3.8, 4) is 0 Å². The van der Waals surface area contributed by atoms with E-state index in [0.29, 0.717) is 13.0 Å².